The quantitative estimate of drug-likeness (QED) is 0.479. The van der Waals surface area contributed by atoms with Crippen LogP contribution in [-0.4, -0.2) is 37.1 Å². The summed E-state index contributed by atoms with van der Waals surface area (Å²) in [6.07, 6.45) is 1.61. The summed E-state index contributed by atoms with van der Waals surface area (Å²) in [5, 5.41) is 3.75. The van der Waals surface area contributed by atoms with Crippen molar-refractivity contribution in [2.24, 2.45) is 11.5 Å². The van der Waals surface area contributed by atoms with E-state index in [9.17, 15) is 9.18 Å². The number of aromatic nitrogens is 1. The summed E-state index contributed by atoms with van der Waals surface area (Å²) >= 11 is 0. The minimum absolute atomic E-state index is 0.114. The lowest BCUT2D eigenvalue weighted by molar-refractivity contribution is 0.0946. The van der Waals surface area contributed by atoms with E-state index < -0.39 is 5.82 Å². The normalized spacial score (nSPS) is 12.1. The molecule has 0 fully saturated rings. The molecule has 28 heavy (non-hydrogen) atoms. The fourth-order valence-electron chi connectivity index (χ4n) is 3.07. The number of halogens is 1. The van der Waals surface area contributed by atoms with Crippen molar-refractivity contribution in [3.05, 3.63) is 54.0 Å². The van der Waals surface area contributed by atoms with Gasteiger partial charge in [0.25, 0.3) is 5.91 Å². The number of nitrogens with two attached hydrogens (primary N) is 2. The zero-order chi connectivity index (χ0) is 20.1. The molecule has 0 aliphatic rings. The third-order valence-corrected chi connectivity index (χ3v) is 4.66. The molecule has 1 atom stereocenters. The third-order valence-electron chi connectivity index (χ3n) is 4.66. The largest absolute Gasteiger partial charge is 0.494 e. The van der Waals surface area contributed by atoms with Crippen molar-refractivity contribution < 1.29 is 13.9 Å². The van der Waals surface area contributed by atoms with Gasteiger partial charge in [0.2, 0.25) is 0 Å². The van der Waals surface area contributed by atoms with Crippen LogP contribution in [0.15, 0.2) is 42.5 Å². The maximum Gasteiger partial charge on any atom is 0.267 e. The van der Waals surface area contributed by atoms with Crippen LogP contribution < -0.4 is 21.5 Å². The predicted molar refractivity (Wildman–Crippen MR) is 109 cm³/mol. The lowest BCUT2D eigenvalue weighted by Crippen LogP contribution is -2.37. The van der Waals surface area contributed by atoms with Crippen LogP contribution in [0, 0.1) is 5.82 Å². The van der Waals surface area contributed by atoms with Crippen molar-refractivity contribution in [1.82, 2.24) is 10.3 Å². The van der Waals surface area contributed by atoms with E-state index in [2.05, 4.69) is 10.3 Å². The van der Waals surface area contributed by atoms with Crippen LogP contribution in [-0.2, 0) is 0 Å². The highest BCUT2D eigenvalue weighted by Crippen LogP contribution is 2.29. The number of carbonyl (C=O) groups excluding carboxylic acids is 1. The van der Waals surface area contributed by atoms with E-state index in [4.69, 9.17) is 16.2 Å². The Morgan fingerprint density at radius 2 is 1.96 bits per heavy atom. The topological polar surface area (TPSA) is 106 Å². The van der Waals surface area contributed by atoms with Gasteiger partial charge in [-0.2, -0.15) is 0 Å². The molecule has 1 unspecified atom stereocenters. The third kappa shape index (κ3) is 4.49. The second kappa shape index (κ2) is 8.86. The molecule has 3 rings (SSSR count). The fourth-order valence-corrected chi connectivity index (χ4v) is 3.07. The van der Waals surface area contributed by atoms with Gasteiger partial charge in [0.15, 0.2) is 11.6 Å². The number of hydrogen-bond acceptors (Lipinski definition) is 4. The molecule has 3 aromatic rings. The van der Waals surface area contributed by atoms with E-state index >= 15 is 0 Å². The van der Waals surface area contributed by atoms with Crippen LogP contribution in [0.1, 0.15) is 23.3 Å². The number of rotatable bonds is 8. The van der Waals surface area contributed by atoms with Gasteiger partial charge in [0, 0.05) is 23.5 Å². The van der Waals surface area contributed by atoms with Crippen molar-refractivity contribution >= 4 is 16.8 Å². The first-order valence-electron chi connectivity index (χ1n) is 9.22. The Hall–Kier alpha value is -2.90. The Kier molecular flexibility index (Phi) is 6.28. The lowest BCUT2D eigenvalue weighted by atomic mass is 10.0. The van der Waals surface area contributed by atoms with Crippen molar-refractivity contribution in [1.29, 1.82) is 0 Å². The summed E-state index contributed by atoms with van der Waals surface area (Å²) in [6, 6.07) is 12.2. The Labute approximate surface area is 163 Å². The van der Waals surface area contributed by atoms with E-state index in [1.807, 2.05) is 18.2 Å². The fraction of sp³-hybridized carbons (Fsp3) is 0.286. The van der Waals surface area contributed by atoms with Crippen molar-refractivity contribution in [3.63, 3.8) is 0 Å². The Morgan fingerprint density at radius 3 is 2.71 bits per heavy atom. The maximum atomic E-state index is 13.6. The monoisotopic (exact) mass is 384 g/mol. The number of aromatic amines is 1. The lowest BCUT2D eigenvalue weighted by Gasteiger charge is -2.11. The number of hydrogen-bond donors (Lipinski definition) is 4. The van der Waals surface area contributed by atoms with Gasteiger partial charge < -0.3 is 26.5 Å². The molecule has 0 saturated heterocycles. The zero-order valence-corrected chi connectivity index (χ0v) is 15.8. The summed E-state index contributed by atoms with van der Waals surface area (Å²) in [7, 11) is 1.43. The highest BCUT2D eigenvalue weighted by atomic mass is 19.1. The summed E-state index contributed by atoms with van der Waals surface area (Å²) in [5.41, 5.74) is 14.4. The van der Waals surface area contributed by atoms with Crippen LogP contribution in [0.2, 0.25) is 0 Å². The second-order valence-electron chi connectivity index (χ2n) is 6.74. The summed E-state index contributed by atoms with van der Waals surface area (Å²) < 4.78 is 18.7. The van der Waals surface area contributed by atoms with E-state index in [0.717, 1.165) is 34.9 Å². The van der Waals surface area contributed by atoms with Gasteiger partial charge in [-0.05, 0) is 54.8 Å². The summed E-state index contributed by atoms with van der Waals surface area (Å²) in [6.45, 7) is 0.987. The molecule has 0 aliphatic carbocycles. The Bertz CT molecular complexity index is 970. The zero-order valence-electron chi connectivity index (χ0n) is 15.8. The van der Waals surface area contributed by atoms with Crippen LogP contribution in [0.25, 0.3) is 22.0 Å². The van der Waals surface area contributed by atoms with Crippen LogP contribution >= 0.6 is 0 Å². The first kappa shape index (κ1) is 19.9. The van der Waals surface area contributed by atoms with Gasteiger partial charge in [-0.1, -0.05) is 18.2 Å². The molecule has 7 heteroatoms. The highest BCUT2D eigenvalue weighted by Gasteiger charge is 2.12. The van der Waals surface area contributed by atoms with Crippen LogP contribution in [0.4, 0.5) is 4.39 Å². The number of fused-ring (bicyclic) bond motifs is 1. The van der Waals surface area contributed by atoms with Crippen LogP contribution in [0.5, 0.6) is 5.75 Å². The molecular weight excluding hydrogens is 359 g/mol. The molecule has 0 spiro atoms. The molecule has 1 amide bonds. The van der Waals surface area contributed by atoms with E-state index in [0.29, 0.717) is 18.8 Å². The average Bonchev–Trinajstić information content (AvgIpc) is 3.14. The van der Waals surface area contributed by atoms with Gasteiger partial charge in [-0.3, -0.25) is 4.79 Å². The van der Waals surface area contributed by atoms with E-state index in [1.165, 1.54) is 13.2 Å². The first-order valence-corrected chi connectivity index (χ1v) is 9.22. The summed E-state index contributed by atoms with van der Waals surface area (Å²) in [5.74, 6) is -0.421. The minimum atomic E-state index is -0.407. The van der Waals surface area contributed by atoms with Crippen LogP contribution in [0.3, 0.4) is 0 Å². The molecular formula is C21H25FN4O2. The summed E-state index contributed by atoms with van der Waals surface area (Å²) in [4.78, 5) is 15.5. The first-order chi connectivity index (χ1) is 13.5. The van der Waals surface area contributed by atoms with E-state index in [1.54, 1.807) is 18.2 Å². The number of H-pyrrole nitrogens is 1. The highest BCUT2D eigenvalue weighted by molar-refractivity contribution is 5.98. The van der Waals surface area contributed by atoms with Gasteiger partial charge in [0.1, 0.15) is 5.69 Å². The molecule has 0 saturated carbocycles. The molecule has 0 radical (unpaired) electrons. The average molecular weight is 384 g/mol. The maximum absolute atomic E-state index is 13.6. The number of benzene rings is 2. The van der Waals surface area contributed by atoms with Crippen molar-refractivity contribution in [2.45, 2.75) is 18.9 Å². The Morgan fingerprint density at radius 1 is 1.21 bits per heavy atom. The molecule has 0 aliphatic heterocycles. The smallest absolute Gasteiger partial charge is 0.267 e. The molecule has 0 bridgehead atoms. The molecule has 2 aromatic carbocycles. The number of methoxy groups -OCH3 is 1. The molecule has 1 heterocycles. The second-order valence-corrected chi connectivity index (χ2v) is 6.74. The van der Waals surface area contributed by atoms with Gasteiger partial charge in [-0.25, -0.2) is 4.39 Å². The standard InChI is InChI=1S/C21H25FN4O2/c1-28-20-11-14(6-7-17(20)22)13-4-5-15-10-19(26-18(15)9-13)21(27)25-12-16(24)3-2-8-23/h4-7,9-11,16,26H,2-3,8,12,23-24H2,1H3,(H,25,27). The Balaban J connectivity index is 1.76. The SMILES string of the molecule is COc1cc(-c2ccc3cc(C(=O)NCC(N)CCCN)[nH]c3c2)ccc1F. The number of amides is 1. The molecule has 1 aromatic heterocycles. The predicted octanol–water partition coefficient (Wildman–Crippen LogP) is 2.78. The number of nitrogens with one attached hydrogen (secondary N) is 2. The molecule has 148 valence electrons. The number of carbonyl (C=O) groups is 1. The van der Waals surface area contributed by atoms with Gasteiger partial charge in [0.05, 0.1) is 7.11 Å². The minimum Gasteiger partial charge on any atom is -0.494 e. The van der Waals surface area contributed by atoms with Gasteiger partial charge >= 0.3 is 0 Å². The molecule has 6 nitrogen and oxygen atoms in total. The van der Waals surface area contributed by atoms with Gasteiger partial charge in [-0.15, -0.1) is 0 Å². The van der Waals surface area contributed by atoms with Crippen molar-refractivity contribution in [2.75, 3.05) is 20.2 Å². The molecule has 6 N–H and O–H groups in total. The number of ether oxygens (including phenoxy) is 1. The van der Waals surface area contributed by atoms with E-state index in [-0.39, 0.29) is 17.7 Å². The van der Waals surface area contributed by atoms with Crippen molar-refractivity contribution in [3.8, 4) is 16.9 Å².